The van der Waals surface area contributed by atoms with E-state index in [9.17, 15) is 27.6 Å². The highest BCUT2D eigenvalue weighted by Crippen LogP contribution is 2.35. The number of hydrogen-bond donors (Lipinski definition) is 2. The normalized spacial score (nSPS) is 16.4. The van der Waals surface area contributed by atoms with Crippen LogP contribution in [-0.2, 0) is 16.1 Å². The third-order valence-electron chi connectivity index (χ3n) is 6.32. The highest BCUT2D eigenvalue weighted by Gasteiger charge is 2.47. The van der Waals surface area contributed by atoms with E-state index in [1.165, 1.54) is 71.6 Å². The van der Waals surface area contributed by atoms with Gasteiger partial charge in [0, 0.05) is 16.9 Å². The van der Waals surface area contributed by atoms with Gasteiger partial charge in [0.05, 0.1) is 6.54 Å². The molecule has 1 aliphatic heterocycles. The van der Waals surface area contributed by atoms with Gasteiger partial charge >= 0.3 is 6.09 Å². The predicted molar refractivity (Wildman–Crippen MR) is 141 cm³/mol. The molecule has 0 unspecified atom stereocenters. The molecule has 0 aliphatic carbocycles. The molecule has 5 rings (SSSR count). The van der Waals surface area contributed by atoms with E-state index in [2.05, 4.69) is 10.6 Å². The fraction of sp³-hybridized carbons (Fsp3) is 0.100. The van der Waals surface area contributed by atoms with Crippen LogP contribution in [-0.4, -0.2) is 28.8 Å². The number of rotatable bonds is 7. The Bertz CT molecular complexity index is 1540. The predicted octanol–water partition coefficient (Wildman–Crippen LogP) is 6.06. The van der Waals surface area contributed by atoms with Crippen molar-refractivity contribution in [3.05, 3.63) is 131 Å². The van der Waals surface area contributed by atoms with Crippen molar-refractivity contribution in [3.63, 3.8) is 0 Å². The molecule has 2 atom stereocenters. The summed E-state index contributed by atoms with van der Waals surface area (Å²) in [6, 6.07) is 21.1. The van der Waals surface area contributed by atoms with Gasteiger partial charge in [0.25, 0.3) is 11.8 Å². The molecule has 40 heavy (non-hydrogen) atoms. The number of nitrogens with one attached hydrogen (secondary N) is 2. The van der Waals surface area contributed by atoms with Gasteiger partial charge in [0.1, 0.15) is 17.5 Å². The van der Waals surface area contributed by atoms with E-state index < -0.39 is 47.5 Å². The van der Waals surface area contributed by atoms with E-state index >= 15 is 0 Å². The van der Waals surface area contributed by atoms with Gasteiger partial charge in [-0.25, -0.2) is 18.0 Å². The fourth-order valence-corrected chi connectivity index (χ4v) is 4.34. The summed E-state index contributed by atoms with van der Waals surface area (Å²) < 4.78 is 45.9. The van der Waals surface area contributed by atoms with Crippen LogP contribution in [0.1, 0.15) is 27.6 Å². The van der Waals surface area contributed by atoms with Crippen LogP contribution in [0.15, 0.2) is 97.1 Å². The van der Waals surface area contributed by atoms with Crippen LogP contribution in [0, 0.1) is 17.5 Å². The van der Waals surface area contributed by atoms with Crippen LogP contribution in [0.2, 0.25) is 0 Å². The molecule has 202 valence electrons. The van der Waals surface area contributed by atoms with Crippen molar-refractivity contribution >= 4 is 29.3 Å². The number of carbonyl (C=O) groups excluding carboxylic acids is 3. The maximum atomic E-state index is 13.7. The van der Waals surface area contributed by atoms with Crippen molar-refractivity contribution in [3.8, 4) is 0 Å². The molecule has 4 aromatic rings. The summed E-state index contributed by atoms with van der Waals surface area (Å²) in [5, 5.41) is 5.33. The minimum atomic E-state index is -1.15. The number of halogens is 3. The number of benzene rings is 4. The van der Waals surface area contributed by atoms with E-state index in [1.807, 2.05) is 0 Å². The lowest BCUT2D eigenvalue weighted by molar-refractivity contribution is -0.121. The molecule has 7 nitrogen and oxygen atoms in total. The Hall–Kier alpha value is -5.12. The molecule has 4 aromatic carbocycles. The zero-order valence-corrected chi connectivity index (χ0v) is 20.8. The lowest BCUT2D eigenvalue weighted by Gasteiger charge is -2.24. The van der Waals surface area contributed by atoms with E-state index in [0.717, 1.165) is 6.07 Å². The lowest BCUT2D eigenvalue weighted by atomic mass is 10.00. The quantitative estimate of drug-likeness (QED) is 0.296. The van der Waals surface area contributed by atoms with E-state index in [0.29, 0.717) is 16.8 Å². The van der Waals surface area contributed by atoms with E-state index in [-0.39, 0.29) is 17.8 Å². The molecule has 1 fully saturated rings. The Morgan fingerprint density at radius 3 is 2.05 bits per heavy atom. The molecule has 10 heteroatoms. The summed E-state index contributed by atoms with van der Waals surface area (Å²) in [4.78, 5) is 40.1. The number of amides is 3. The molecular weight excluding hydrogens is 523 g/mol. The number of nitrogens with zero attached hydrogens (tertiary/aromatic N) is 1. The van der Waals surface area contributed by atoms with Crippen molar-refractivity contribution in [1.82, 2.24) is 4.90 Å². The summed E-state index contributed by atoms with van der Waals surface area (Å²) in [5.74, 6) is -2.52. The Morgan fingerprint density at radius 2 is 1.40 bits per heavy atom. The topological polar surface area (TPSA) is 87.7 Å². The van der Waals surface area contributed by atoms with Gasteiger partial charge in [-0.05, 0) is 77.9 Å². The maximum absolute atomic E-state index is 13.7. The van der Waals surface area contributed by atoms with Gasteiger partial charge < -0.3 is 15.4 Å². The van der Waals surface area contributed by atoms with Gasteiger partial charge in [0.2, 0.25) is 0 Å². The number of cyclic esters (lactones) is 1. The molecule has 1 saturated heterocycles. The highest BCUT2D eigenvalue weighted by atomic mass is 19.1. The fourth-order valence-electron chi connectivity index (χ4n) is 4.34. The van der Waals surface area contributed by atoms with Crippen molar-refractivity contribution < 1.29 is 32.3 Å². The average Bonchev–Trinajstić information content (AvgIpc) is 3.26. The Kier molecular flexibility index (Phi) is 7.50. The first-order chi connectivity index (χ1) is 19.3. The summed E-state index contributed by atoms with van der Waals surface area (Å²) in [6.07, 6.45) is -1.80. The molecule has 0 saturated carbocycles. The van der Waals surface area contributed by atoms with Gasteiger partial charge in [0.15, 0.2) is 12.1 Å². The number of hydrogen-bond acceptors (Lipinski definition) is 4. The molecule has 3 amide bonds. The zero-order valence-electron chi connectivity index (χ0n) is 20.8. The van der Waals surface area contributed by atoms with Crippen LogP contribution in [0.4, 0.5) is 29.3 Å². The second kappa shape index (κ2) is 11.3. The van der Waals surface area contributed by atoms with Crippen LogP contribution >= 0.6 is 0 Å². The lowest BCUT2D eigenvalue weighted by Crippen LogP contribution is -2.43. The molecule has 2 N–H and O–H groups in total. The monoisotopic (exact) mass is 545 g/mol. The first-order valence-electron chi connectivity index (χ1n) is 12.2. The van der Waals surface area contributed by atoms with Crippen LogP contribution in [0.3, 0.4) is 0 Å². The third-order valence-corrected chi connectivity index (χ3v) is 6.32. The smallest absolute Gasteiger partial charge is 0.411 e. The Balaban J connectivity index is 1.39. The SMILES string of the molecule is O=C(Nc1ccc([C@H]2OC(=O)N(Cc3ccc(F)cc3)[C@@H]2C(=O)Nc2cccc(F)c2)cc1)c1ccc(F)cc1. The third kappa shape index (κ3) is 5.96. The van der Waals surface area contributed by atoms with Gasteiger partial charge in [-0.15, -0.1) is 0 Å². The molecule has 0 bridgehead atoms. The summed E-state index contributed by atoms with van der Waals surface area (Å²) >= 11 is 0. The molecular formula is C30H22F3N3O4. The highest BCUT2D eigenvalue weighted by molar-refractivity contribution is 6.04. The first-order valence-corrected chi connectivity index (χ1v) is 12.2. The summed E-state index contributed by atoms with van der Waals surface area (Å²) in [7, 11) is 0. The van der Waals surface area contributed by atoms with Crippen LogP contribution < -0.4 is 10.6 Å². The van der Waals surface area contributed by atoms with Crippen LogP contribution in [0.25, 0.3) is 0 Å². The van der Waals surface area contributed by atoms with E-state index in [4.69, 9.17) is 4.74 Å². The van der Waals surface area contributed by atoms with Crippen molar-refractivity contribution in [2.75, 3.05) is 10.6 Å². The van der Waals surface area contributed by atoms with Crippen LogP contribution in [0.5, 0.6) is 0 Å². The second-order valence-electron chi connectivity index (χ2n) is 9.09. The largest absolute Gasteiger partial charge is 0.438 e. The number of anilines is 2. The van der Waals surface area contributed by atoms with Gasteiger partial charge in [-0.1, -0.05) is 30.3 Å². The Morgan fingerprint density at radius 1 is 0.750 bits per heavy atom. The number of carbonyl (C=O) groups is 3. The zero-order chi connectivity index (χ0) is 28.2. The second-order valence-corrected chi connectivity index (χ2v) is 9.09. The first kappa shape index (κ1) is 26.5. The minimum Gasteiger partial charge on any atom is -0.438 e. The molecule has 0 spiro atoms. The summed E-state index contributed by atoms with van der Waals surface area (Å²) in [5.41, 5.74) is 1.92. The number of ether oxygens (including phenoxy) is 1. The van der Waals surface area contributed by atoms with Crippen molar-refractivity contribution in [1.29, 1.82) is 0 Å². The summed E-state index contributed by atoms with van der Waals surface area (Å²) in [6.45, 7) is -0.0390. The molecule has 0 aromatic heterocycles. The van der Waals surface area contributed by atoms with E-state index in [1.54, 1.807) is 24.3 Å². The maximum Gasteiger partial charge on any atom is 0.411 e. The average molecular weight is 546 g/mol. The molecule has 1 heterocycles. The molecule has 0 radical (unpaired) electrons. The van der Waals surface area contributed by atoms with Gasteiger partial charge in [-0.2, -0.15) is 0 Å². The van der Waals surface area contributed by atoms with Crippen molar-refractivity contribution in [2.45, 2.75) is 18.7 Å². The minimum absolute atomic E-state index is 0.0390. The van der Waals surface area contributed by atoms with Crippen molar-refractivity contribution in [2.24, 2.45) is 0 Å². The molecule has 1 aliphatic rings. The Labute approximate surface area is 227 Å². The van der Waals surface area contributed by atoms with Gasteiger partial charge in [-0.3, -0.25) is 14.5 Å². The standard InChI is InChI=1S/C30H22F3N3O4/c31-21-10-4-18(5-11-21)17-36-26(29(38)35-25-3-1-2-23(33)16-25)27(40-30(36)39)19-8-14-24(15-9-19)34-28(37)20-6-12-22(32)13-7-20/h1-16,26-27H,17H2,(H,34,37)(H,35,38)/t26-,27+/m0/s1.